The van der Waals surface area contributed by atoms with Crippen LogP contribution >= 0.6 is 0 Å². The summed E-state index contributed by atoms with van der Waals surface area (Å²) in [6.45, 7) is 7.52. The van der Waals surface area contributed by atoms with E-state index in [-0.39, 0.29) is 24.5 Å². The maximum atomic E-state index is 13.4. The van der Waals surface area contributed by atoms with Crippen molar-refractivity contribution in [1.29, 1.82) is 0 Å². The van der Waals surface area contributed by atoms with Crippen LogP contribution in [0.3, 0.4) is 0 Å². The molecule has 0 aliphatic rings. The van der Waals surface area contributed by atoms with Gasteiger partial charge in [-0.15, -0.1) is 0 Å². The number of nitrogens with one attached hydrogen (secondary N) is 2. The third kappa shape index (κ3) is 6.03. The van der Waals surface area contributed by atoms with Crippen molar-refractivity contribution in [1.82, 2.24) is 14.7 Å². The molecule has 0 radical (unpaired) electrons. The van der Waals surface area contributed by atoms with Crippen LogP contribution in [0, 0.1) is 13.8 Å². The minimum absolute atomic E-state index is 0.129. The molecule has 3 aromatic carbocycles. The van der Waals surface area contributed by atoms with Crippen molar-refractivity contribution in [2.45, 2.75) is 33.7 Å². The molecule has 0 atom stereocenters. The van der Waals surface area contributed by atoms with E-state index in [4.69, 9.17) is 9.84 Å². The number of ether oxygens (including phenoxy) is 1. The van der Waals surface area contributed by atoms with Crippen LogP contribution in [0.2, 0.25) is 0 Å². The van der Waals surface area contributed by atoms with Gasteiger partial charge < -0.3 is 20.3 Å². The van der Waals surface area contributed by atoms with Gasteiger partial charge in [0.05, 0.1) is 18.5 Å². The number of amides is 3. The zero-order valence-corrected chi connectivity index (χ0v) is 22.4. The zero-order valence-electron chi connectivity index (χ0n) is 22.4. The second-order valence-electron chi connectivity index (χ2n) is 9.35. The summed E-state index contributed by atoms with van der Waals surface area (Å²) < 4.78 is 7.00. The SMILES string of the molecule is COc1ccc(-n2nc(C)c(-c3ccccc3)c2NC(=O)CN(C(=O)Nc2ccc(C)cc2)C(C)C)cc1. The van der Waals surface area contributed by atoms with Gasteiger partial charge in [-0.2, -0.15) is 5.10 Å². The fourth-order valence-electron chi connectivity index (χ4n) is 4.15. The summed E-state index contributed by atoms with van der Waals surface area (Å²) in [5, 5.41) is 10.7. The predicted molar refractivity (Wildman–Crippen MR) is 151 cm³/mol. The molecule has 1 aromatic heterocycles. The molecule has 0 saturated heterocycles. The quantitative estimate of drug-likeness (QED) is 0.302. The smallest absolute Gasteiger partial charge is 0.322 e. The van der Waals surface area contributed by atoms with Crippen molar-refractivity contribution in [3.8, 4) is 22.6 Å². The van der Waals surface area contributed by atoms with Gasteiger partial charge in [0.25, 0.3) is 0 Å². The molecular weight excluding hydrogens is 478 g/mol. The lowest BCUT2D eigenvalue weighted by molar-refractivity contribution is -0.117. The second kappa shape index (κ2) is 11.6. The molecule has 4 rings (SSSR count). The lowest BCUT2D eigenvalue weighted by atomic mass is 10.1. The maximum absolute atomic E-state index is 13.4. The number of hydrogen-bond acceptors (Lipinski definition) is 4. The molecule has 0 fully saturated rings. The van der Waals surface area contributed by atoms with Crippen molar-refractivity contribution in [3.05, 3.63) is 90.1 Å². The van der Waals surface area contributed by atoms with Crippen molar-refractivity contribution in [2.75, 3.05) is 24.3 Å². The van der Waals surface area contributed by atoms with Gasteiger partial charge in [0.2, 0.25) is 5.91 Å². The van der Waals surface area contributed by atoms with Gasteiger partial charge in [0, 0.05) is 17.3 Å². The van der Waals surface area contributed by atoms with Gasteiger partial charge in [0.1, 0.15) is 18.1 Å². The second-order valence-corrected chi connectivity index (χ2v) is 9.35. The Bertz CT molecular complexity index is 1390. The number of aromatic nitrogens is 2. The number of nitrogens with zero attached hydrogens (tertiary/aromatic N) is 3. The number of methoxy groups -OCH3 is 1. The summed E-state index contributed by atoms with van der Waals surface area (Å²) in [5.41, 5.74) is 5.05. The molecular formula is C30H33N5O3. The third-order valence-corrected chi connectivity index (χ3v) is 6.20. The Morgan fingerprint density at radius 3 is 2.18 bits per heavy atom. The molecule has 3 amide bonds. The molecule has 0 aliphatic heterocycles. The molecule has 0 unspecified atom stereocenters. The van der Waals surface area contributed by atoms with Gasteiger partial charge in [-0.3, -0.25) is 4.79 Å². The van der Waals surface area contributed by atoms with Crippen LogP contribution in [0.15, 0.2) is 78.9 Å². The average molecular weight is 512 g/mol. The molecule has 8 heteroatoms. The zero-order chi connectivity index (χ0) is 27.2. The molecule has 196 valence electrons. The van der Waals surface area contributed by atoms with E-state index in [1.54, 1.807) is 11.8 Å². The number of benzene rings is 3. The Balaban J connectivity index is 1.63. The van der Waals surface area contributed by atoms with Gasteiger partial charge in [0.15, 0.2) is 0 Å². The van der Waals surface area contributed by atoms with Crippen LogP contribution < -0.4 is 15.4 Å². The first-order valence-electron chi connectivity index (χ1n) is 12.5. The van der Waals surface area contributed by atoms with Gasteiger partial charge >= 0.3 is 6.03 Å². The first kappa shape index (κ1) is 26.5. The van der Waals surface area contributed by atoms with Crippen molar-refractivity contribution >= 4 is 23.4 Å². The highest BCUT2D eigenvalue weighted by atomic mass is 16.5. The molecule has 0 saturated carbocycles. The van der Waals surface area contributed by atoms with E-state index < -0.39 is 0 Å². The Hall–Kier alpha value is -4.59. The number of anilines is 2. The minimum Gasteiger partial charge on any atom is -0.497 e. The largest absolute Gasteiger partial charge is 0.497 e. The molecule has 38 heavy (non-hydrogen) atoms. The third-order valence-electron chi connectivity index (χ3n) is 6.20. The molecule has 0 spiro atoms. The maximum Gasteiger partial charge on any atom is 0.322 e. The molecule has 1 heterocycles. The van der Waals surface area contributed by atoms with Gasteiger partial charge in [-0.25, -0.2) is 9.48 Å². The number of carbonyl (C=O) groups is 2. The van der Waals surface area contributed by atoms with E-state index in [2.05, 4.69) is 10.6 Å². The van der Waals surface area contributed by atoms with Crippen molar-refractivity contribution in [2.24, 2.45) is 0 Å². The van der Waals surface area contributed by atoms with E-state index in [9.17, 15) is 9.59 Å². The summed E-state index contributed by atoms with van der Waals surface area (Å²) >= 11 is 0. The number of aryl methyl sites for hydroxylation is 2. The first-order chi connectivity index (χ1) is 18.3. The van der Waals surface area contributed by atoms with Crippen LogP contribution in [0.5, 0.6) is 5.75 Å². The number of urea groups is 1. The van der Waals surface area contributed by atoms with Crippen molar-refractivity contribution in [3.63, 3.8) is 0 Å². The fourth-order valence-corrected chi connectivity index (χ4v) is 4.15. The summed E-state index contributed by atoms with van der Waals surface area (Å²) in [6.07, 6.45) is 0. The fraction of sp³-hybridized carbons (Fsp3) is 0.233. The Kier molecular flexibility index (Phi) is 8.11. The van der Waals surface area contributed by atoms with Crippen LogP contribution in [0.1, 0.15) is 25.1 Å². The average Bonchev–Trinajstić information content (AvgIpc) is 3.24. The predicted octanol–water partition coefficient (Wildman–Crippen LogP) is 6.05. The number of hydrogen-bond donors (Lipinski definition) is 2. The van der Waals surface area contributed by atoms with E-state index in [1.807, 2.05) is 107 Å². The first-order valence-corrected chi connectivity index (χ1v) is 12.5. The topological polar surface area (TPSA) is 88.5 Å². The number of rotatable bonds is 8. The van der Waals surface area contributed by atoms with Crippen LogP contribution in [0.25, 0.3) is 16.8 Å². The van der Waals surface area contributed by atoms with E-state index in [0.717, 1.165) is 33.8 Å². The van der Waals surface area contributed by atoms with Gasteiger partial charge in [-0.1, -0.05) is 48.0 Å². The van der Waals surface area contributed by atoms with Crippen LogP contribution in [-0.2, 0) is 4.79 Å². The lowest BCUT2D eigenvalue weighted by Gasteiger charge is -2.26. The van der Waals surface area contributed by atoms with E-state index in [1.165, 1.54) is 4.90 Å². The standard InChI is InChI=1S/C30H33N5O3/c1-20(2)34(30(37)31-24-13-11-21(3)12-14-24)19-27(36)32-29-28(23-9-7-6-8-10-23)22(4)33-35(29)25-15-17-26(38-5)18-16-25/h6-18,20H,19H2,1-5H3,(H,31,37)(H,32,36). The Morgan fingerprint density at radius 1 is 0.921 bits per heavy atom. The molecule has 4 aromatic rings. The molecule has 0 bridgehead atoms. The number of carbonyl (C=O) groups excluding carboxylic acids is 2. The Labute approximate surface area is 223 Å². The highest BCUT2D eigenvalue weighted by Gasteiger charge is 2.24. The van der Waals surface area contributed by atoms with Crippen LogP contribution in [-0.4, -0.2) is 46.3 Å². The summed E-state index contributed by atoms with van der Waals surface area (Å²) in [7, 11) is 1.61. The normalized spacial score (nSPS) is 10.8. The molecule has 2 N–H and O–H groups in total. The summed E-state index contributed by atoms with van der Waals surface area (Å²) in [4.78, 5) is 28.0. The Morgan fingerprint density at radius 2 is 1.58 bits per heavy atom. The van der Waals surface area contributed by atoms with E-state index >= 15 is 0 Å². The van der Waals surface area contributed by atoms with E-state index in [0.29, 0.717) is 11.5 Å². The van der Waals surface area contributed by atoms with Crippen LogP contribution in [0.4, 0.5) is 16.3 Å². The highest BCUT2D eigenvalue weighted by Crippen LogP contribution is 2.33. The summed E-state index contributed by atoms with van der Waals surface area (Å²) in [6, 6.07) is 24.2. The van der Waals surface area contributed by atoms with Crippen molar-refractivity contribution < 1.29 is 14.3 Å². The minimum atomic E-state index is -0.345. The molecule has 8 nitrogen and oxygen atoms in total. The van der Waals surface area contributed by atoms with Gasteiger partial charge in [-0.05, 0) is 69.7 Å². The highest BCUT2D eigenvalue weighted by molar-refractivity contribution is 5.99. The summed E-state index contributed by atoms with van der Waals surface area (Å²) in [5.74, 6) is 0.926. The lowest BCUT2D eigenvalue weighted by Crippen LogP contribution is -2.44. The monoisotopic (exact) mass is 511 g/mol. The molecule has 0 aliphatic carbocycles.